The summed E-state index contributed by atoms with van der Waals surface area (Å²) < 4.78 is 16.9. The van der Waals surface area contributed by atoms with E-state index in [4.69, 9.17) is 31.1 Å². The number of carbonyl (C=O) groups excluding carboxylic acids is 1. The summed E-state index contributed by atoms with van der Waals surface area (Å²) >= 11 is 6.07. The highest BCUT2D eigenvalue weighted by atomic mass is 35.5. The number of halogens is 1. The first-order chi connectivity index (χ1) is 11.8. The lowest BCUT2D eigenvalue weighted by Gasteiger charge is -2.37. The molecule has 0 saturated carbocycles. The predicted octanol–water partition coefficient (Wildman–Crippen LogP) is 3.56. The van der Waals surface area contributed by atoms with Crippen molar-refractivity contribution in [2.24, 2.45) is 0 Å². The highest BCUT2D eigenvalue weighted by molar-refractivity contribution is 6.30. The zero-order valence-corrected chi connectivity index (χ0v) is 15.5. The molecule has 1 heterocycles. The lowest BCUT2D eigenvalue weighted by atomic mass is 10.0. The Hall–Kier alpha value is -1.81. The molecular weight excluding hydrogens is 344 g/mol. The van der Waals surface area contributed by atoms with E-state index in [9.17, 15) is 4.79 Å². The number of benzene rings is 1. The maximum absolute atomic E-state index is 12.3. The number of carbonyl (C=O) groups is 1. The van der Waals surface area contributed by atoms with Gasteiger partial charge in [-0.25, -0.2) is 4.79 Å². The number of morpholine rings is 1. The van der Waals surface area contributed by atoms with Gasteiger partial charge in [0.05, 0.1) is 19.2 Å². The minimum atomic E-state index is -0.561. The van der Waals surface area contributed by atoms with Crippen LogP contribution in [-0.2, 0) is 14.2 Å². The minimum absolute atomic E-state index is 0.0799. The topological polar surface area (TPSA) is 71.8 Å². The van der Waals surface area contributed by atoms with E-state index in [-0.39, 0.29) is 12.7 Å². The van der Waals surface area contributed by atoms with Crippen molar-refractivity contribution in [3.63, 3.8) is 0 Å². The second kappa shape index (κ2) is 8.52. The van der Waals surface area contributed by atoms with Crippen LogP contribution in [-0.4, -0.2) is 49.0 Å². The second-order valence-electron chi connectivity index (χ2n) is 6.78. The molecule has 1 aromatic carbocycles. The molecule has 2 rings (SSSR count). The third kappa shape index (κ3) is 5.89. The minimum Gasteiger partial charge on any atom is -0.444 e. The van der Waals surface area contributed by atoms with Crippen LogP contribution in [0.4, 0.5) is 4.79 Å². The monoisotopic (exact) mass is 366 g/mol. The van der Waals surface area contributed by atoms with Crippen molar-refractivity contribution < 1.29 is 19.0 Å². The van der Waals surface area contributed by atoms with E-state index in [0.29, 0.717) is 24.7 Å². The van der Waals surface area contributed by atoms with Gasteiger partial charge < -0.3 is 19.1 Å². The van der Waals surface area contributed by atoms with E-state index in [1.165, 1.54) is 0 Å². The van der Waals surface area contributed by atoms with E-state index in [2.05, 4.69) is 0 Å². The Labute approximate surface area is 153 Å². The molecule has 0 radical (unpaired) electrons. The number of amides is 1. The molecule has 0 aliphatic carbocycles. The van der Waals surface area contributed by atoms with Gasteiger partial charge in [-0.15, -0.1) is 0 Å². The fourth-order valence-electron chi connectivity index (χ4n) is 2.58. The molecule has 1 aliphatic heterocycles. The molecule has 0 N–H and O–H groups in total. The van der Waals surface area contributed by atoms with Gasteiger partial charge in [-0.1, -0.05) is 23.7 Å². The van der Waals surface area contributed by atoms with Crippen LogP contribution < -0.4 is 0 Å². The first-order valence-electron chi connectivity index (χ1n) is 8.13. The number of hydrogen-bond acceptors (Lipinski definition) is 5. The van der Waals surface area contributed by atoms with E-state index in [1.807, 2.05) is 39.0 Å². The van der Waals surface area contributed by atoms with E-state index in [1.54, 1.807) is 17.0 Å². The van der Waals surface area contributed by atoms with Gasteiger partial charge in [0.25, 0.3) is 0 Å². The van der Waals surface area contributed by atoms with Crippen molar-refractivity contribution in [2.45, 2.75) is 38.6 Å². The molecule has 1 aromatic rings. The fourth-order valence-corrected chi connectivity index (χ4v) is 2.78. The van der Waals surface area contributed by atoms with E-state index >= 15 is 0 Å². The second-order valence-corrected chi connectivity index (χ2v) is 7.22. The lowest BCUT2D eigenvalue weighted by Crippen LogP contribution is -2.49. The van der Waals surface area contributed by atoms with Crippen molar-refractivity contribution >= 4 is 17.7 Å². The zero-order valence-electron chi connectivity index (χ0n) is 14.7. The van der Waals surface area contributed by atoms with Crippen molar-refractivity contribution in [3.05, 3.63) is 34.9 Å². The van der Waals surface area contributed by atoms with E-state index in [0.717, 1.165) is 5.56 Å². The van der Waals surface area contributed by atoms with Crippen molar-refractivity contribution in [1.29, 1.82) is 5.26 Å². The largest absolute Gasteiger partial charge is 0.444 e. The Morgan fingerprint density at radius 2 is 2.28 bits per heavy atom. The van der Waals surface area contributed by atoms with Crippen molar-refractivity contribution in [1.82, 2.24) is 4.90 Å². The van der Waals surface area contributed by atoms with Crippen LogP contribution in [0, 0.1) is 11.3 Å². The van der Waals surface area contributed by atoms with Crippen LogP contribution in [0.2, 0.25) is 5.02 Å². The third-order valence-electron chi connectivity index (χ3n) is 3.59. The summed E-state index contributed by atoms with van der Waals surface area (Å²) in [7, 11) is 0. The Balaban J connectivity index is 2.14. The molecule has 0 aromatic heterocycles. The molecule has 0 bridgehead atoms. The molecule has 7 heteroatoms. The summed E-state index contributed by atoms with van der Waals surface area (Å²) in [6.45, 7) is 6.54. The fraction of sp³-hybridized carbons (Fsp3) is 0.556. The van der Waals surface area contributed by atoms with Gasteiger partial charge in [0.1, 0.15) is 24.4 Å². The lowest BCUT2D eigenvalue weighted by molar-refractivity contribution is -0.108. The predicted molar refractivity (Wildman–Crippen MR) is 93.3 cm³/mol. The molecule has 2 unspecified atom stereocenters. The van der Waals surface area contributed by atoms with Gasteiger partial charge in [-0.05, 0) is 38.5 Å². The highest BCUT2D eigenvalue weighted by Crippen LogP contribution is 2.28. The maximum Gasteiger partial charge on any atom is 0.410 e. The smallest absolute Gasteiger partial charge is 0.410 e. The van der Waals surface area contributed by atoms with Gasteiger partial charge in [-0.3, -0.25) is 0 Å². The molecule has 1 amide bonds. The number of hydrogen-bond donors (Lipinski definition) is 0. The Morgan fingerprint density at radius 1 is 1.52 bits per heavy atom. The Morgan fingerprint density at radius 3 is 2.92 bits per heavy atom. The van der Waals surface area contributed by atoms with Crippen molar-refractivity contribution in [2.75, 3.05) is 26.3 Å². The first kappa shape index (κ1) is 19.5. The normalized spacial score (nSPS) is 19.2. The van der Waals surface area contributed by atoms with Crippen LogP contribution in [0.25, 0.3) is 0 Å². The Bertz CT molecular complexity index is 639. The standard InChI is InChI=1S/C18H23ClN2O4/c1-18(2,3)25-17(22)21-8-10-23-15(12-21)16(24-9-7-20)13-5-4-6-14(19)11-13/h4-6,11,15-16H,8-10,12H2,1-3H3. The summed E-state index contributed by atoms with van der Waals surface area (Å²) in [5, 5.41) is 9.43. The number of nitrogens with zero attached hydrogens (tertiary/aromatic N) is 2. The summed E-state index contributed by atoms with van der Waals surface area (Å²) in [6, 6.07) is 9.19. The molecular formula is C18H23ClN2O4. The molecule has 6 nitrogen and oxygen atoms in total. The molecule has 0 spiro atoms. The van der Waals surface area contributed by atoms with Crippen LogP contribution >= 0.6 is 11.6 Å². The van der Waals surface area contributed by atoms with Crippen LogP contribution in [0.1, 0.15) is 32.4 Å². The highest BCUT2D eigenvalue weighted by Gasteiger charge is 2.34. The van der Waals surface area contributed by atoms with Gasteiger partial charge in [-0.2, -0.15) is 5.26 Å². The zero-order chi connectivity index (χ0) is 18.4. The third-order valence-corrected chi connectivity index (χ3v) is 3.82. The van der Waals surface area contributed by atoms with Crippen molar-refractivity contribution in [3.8, 4) is 6.07 Å². The first-order valence-corrected chi connectivity index (χ1v) is 8.51. The average Bonchev–Trinajstić information content (AvgIpc) is 2.54. The van der Waals surface area contributed by atoms with Crippen LogP contribution in [0.3, 0.4) is 0 Å². The van der Waals surface area contributed by atoms with Crippen LogP contribution in [0.5, 0.6) is 0 Å². The van der Waals surface area contributed by atoms with Gasteiger partial charge in [0.15, 0.2) is 0 Å². The molecule has 136 valence electrons. The summed E-state index contributed by atoms with van der Waals surface area (Å²) in [5.41, 5.74) is 0.243. The number of ether oxygens (including phenoxy) is 3. The molecule has 1 saturated heterocycles. The molecule has 25 heavy (non-hydrogen) atoms. The quantitative estimate of drug-likeness (QED) is 0.814. The van der Waals surface area contributed by atoms with Crippen LogP contribution in [0.15, 0.2) is 24.3 Å². The average molecular weight is 367 g/mol. The Kier molecular flexibility index (Phi) is 6.65. The number of rotatable bonds is 4. The van der Waals surface area contributed by atoms with Gasteiger partial charge >= 0.3 is 6.09 Å². The van der Waals surface area contributed by atoms with Gasteiger partial charge in [0.2, 0.25) is 0 Å². The molecule has 2 atom stereocenters. The van der Waals surface area contributed by atoms with Gasteiger partial charge in [0, 0.05) is 11.6 Å². The van der Waals surface area contributed by atoms with E-state index < -0.39 is 17.8 Å². The summed E-state index contributed by atoms with van der Waals surface area (Å²) in [6.07, 6.45) is -1.29. The summed E-state index contributed by atoms with van der Waals surface area (Å²) in [5.74, 6) is 0. The summed E-state index contributed by atoms with van der Waals surface area (Å²) in [4.78, 5) is 13.9. The molecule has 1 aliphatic rings. The number of nitriles is 1. The SMILES string of the molecule is CC(C)(C)OC(=O)N1CCOC(C(OCC#N)c2cccc(Cl)c2)C1. The molecule has 1 fully saturated rings. The maximum atomic E-state index is 12.3.